The first-order chi connectivity index (χ1) is 4.35. The molecule has 0 aromatic carbocycles. The topological polar surface area (TPSA) is 3.24 Å². The Balaban J connectivity index is 3.09. The minimum atomic E-state index is 1.01. The maximum absolute atomic E-state index is 3.77. The molecule has 0 fully saturated rings. The van der Waals surface area contributed by atoms with Crippen molar-refractivity contribution >= 4 is 0 Å². The highest BCUT2D eigenvalue weighted by atomic mass is 15.1. The van der Waals surface area contributed by atoms with Crippen molar-refractivity contribution in [2.24, 2.45) is 0 Å². The smallest absolute Gasteiger partial charge is 0.0251 e. The first-order valence-corrected chi connectivity index (χ1v) is 3.71. The molecule has 0 heterocycles. The van der Waals surface area contributed by atoms with Crippen LogP contribution in [0.4, 0.5) is 0 Å². The molecule has 0 aliphatic heterocycles. The van der Waals surface area contributed by atoms with Gasteiger partial charge in [0, 0.05) is 6.54 Å². The molecule has 0 saturated carbocycles. The molecule has 0 N–H and O–H groups in total. The van der Waals surface area contributed by atoms with Gasteiger partial charge in [-0.25, -0.2) is 0 Å². The third-order valence-corrected chi connectivity index (χ3v) is 1.40. The van der Waals surface area contributed by atoms with Crippen LogP contribution in [0, 0.1) is 13.5 Å². The predicted octanol–water partition coefficient (Wildman–Crippen LogP) is 2.10. The highest BCUT2D eigenvalue weighted by Crippen LogP contribution is 1.98. The van der Waals surface area contributed by atoms with Gasteiger partial charge in [0.2, 0.25) is 0 Å². The molecule has 0 atom stereocenters. The van der Waals surface area contributed by atoms with Gasteiger partial charge in [0.05, 0.1) is 0 Å². The SMILES string of the molecule is [CH2]CC[CH]N(CC)CC. The minimum absolute atomic E-state index is 1.01. The van der Waals surface area contributed by atoms with Gasteiger partial charge in [0.15, 0.2) is 0 Å². The molecule has 0 bridgehead atoms. The summed E-state index contributed by atoms with van der Waals surface area (Å²) in [4.78, 5) is 2.30. The predicted molar refractivity (Wildman–Crippen MR) is 41.8 cm³/mol. The van der Waals surface area contributed by atoms with Crippen molar-refractivity contribution in [1.29, 1.82) is 0 Å². The number of rotatable bonds is 5. The summed E-state index contributed by atoms with van der Waals surface area (Å²) >= 11 is 0. The van der Waals surface area contributed by atoms with E-state index in [4.69, 9.17) is 0 Å². The van der Waals surface area contributed by atoms with E-state index >= 15 is 0 Å². The monoisotopic (exact) mass is 127 g/mol. The molecule has 54 valence electrons. The maximum Gasteiger partial charge on any atom is 0.0251 e. The molecule has 9 heavy (non-hydrogen) atoms. The lowest BCUT2D eigenvalue weighted by molar-refractivity contribution is 0.359. The highest BCUT2D eigenvalue weighted by molar-refractivity contribution is 4.65. The fourth-order valence-corrected chi connectivity index (χ4v) is 0.756. The first kappa shape index (κ1) is 8.96. The van der Waals surface area contributed by atoms with Crippen LogP contribution in [0.3, 0.4) is 0 Å². The summed E-state index contributed by atoms with van der Waals surface area (Å²) < 4.78 is 0. The molecule has 0 aromatic heterocycles. The van der Waals surface area contributed by atoms with E-state index in [1.54, 1.807) is 0 Å². The highest BCUT2D eigenvalue weighted by Gasteiger charge is 1.95. The van der Waals surface area contributed by atoms with E-state index in [0.717, 1.165) is 25.9 Å². The molecule has 0 aliphatic rings. The summed E-state index contributed by atoms with van der Waals surface area (Å²) in [6.45, 7) is 12.6. The third-order valence-electron chi connectivity index (χ3n) is 1.40. The molecule has 0 saturated heterocycles. The molecular formula is C8H17N. The fraction of sp³-hybridized carbons (Fsp3) is 0.750. The number of hydrogen-bond donors (Lipinski definition) is 0. The van der Waals surface area contributed by atoms with Crippen LogP contribution in [-0.4, -0.2) is 18.0 Å². The Kier molecular flexibility index (Phi) is 6.06. The summed E-state index contributed by atoms with van der Waals surface area (Å²) in [6, 6.07) is 0. The first-order valence-electron chi connectivity index (χ1n) is 3.71. The van der Waals surface area contributed by atoms with Crippen molar-refractivity contribution in [3.63, 3.8) is 0 Å². The van der Waals surface area contributed by atoms with E-state index in [0.29, 0.717) is 0 Å². The summed E-state index contributed by atoms with van der Waals surface area (Å²) in [5.74, 6) is 0. The molecule has 1 heteroatoms. The van der Waals surface area contributed by atoms with E-state index in [1.165, 1.54) is 0 Å². The summed E-state index contributed by atoms with van der Waals surface area (Å²) in [5.41, 5.74) is 0. The van der Waals surface area contributed by atoms with Gasteiger partial charge in [-0.1, -0.05) is 27.2 Å². The summed E-state index contributed by atoms with van der Waals surface area (Å²) in [7, 11) is 0. The Hall–Kier alpha value is -0.0400. The van der Waals surface area contributed by atoms with E-state index in [9.17, 15) is 0 Å². The van der Waals surface area contributed by atoms with E-state index in [2.05, 4.69) is 32.2 Å². The van der Waals surface area contributed by atoms with Gasteiger partial charge in [-0.2, -0.15) is 0 Å². The Morgan fingerprint density at radius 3 is 2.22 bits per heavy atom. The second-order valence-electron chi connectivity index (χ2n) is 2.05. The van der Waals surface area contributed by atoms with Crippen molar-refractivity contribution in [2.45, 2.75) is 26.7 Å². The van der Waals surface area contributed by atoms with Crippen LogP contribution >= 0.6 is 0 Å². The molecule has 0 aromatic rings. The van der Waals surface area contributed by atoms with Crippen molar-refractivity contribution in [2.75, 3.05) is 13.1 Å². The van der Waals surface area contributed by atoms with Gasteiger partial charge < -0.3 is 0 Å². The Morgan fingerprint density at radius 2 is 1.89 bits per heavy atom. The number of unbranched alkanes of at least 4 members (excludes halogenated alkanes) is 1. The molecule has 0 aliphatic carbocycles. The van der Waals surface area contributed by atoms with Crippen LogP contribution in [0.5, 0.6) is 0 Å². The van der Waals surface area contributed by atoms with Gasteiger partial charge in [0.1, 0.15) is 0 Å². The standard InChI is InChI=1S/C8H17N/c1-4-7-8-9(5-2)6-3/h8H,1,4-7H2,2-3H3. The molecule has 0 rings (SSSR count). The number of nitrogens with zero attached hydrogens (tertiary/aromatic N) is 1. The van der Waals surface area contributed by atoms with Crippen molar-refractivity contribution in [1.82, 2.24) is 4.90 Å². The average Bonchev–Trinajstić information content (AvgIpc) is 1.91. The number of hydrogen-bond acceptors (Lipinski definition) is 1. The van der Waals surface area contributed by atoms with Crippen LogP contribution in [-0.2, 0) is 0 Å². The van der Waals surface area contributed by atoms with Crippen molar-refractivity contribution in [3.8, 4) is 0 Å². The second kappa shape index (κ2) is 6.09. The van der Waals surface area contributed by atoms with Crippen LogP contribution in [0.15, 0.2) is 0 Å². The van der Waals surface area contributed by atoms with Gasteiger partial charge in [-0.3, -0.25) is 4.90 Å². The largest absolute Gasteiger partial charge is 0.299 e. The lowest BCUT2D eigenvalue weighted by Gasteiger charge is -2.15. The molecule has 1 nitrogen and oxygen atoms in total. The summed E-state index contributed by atoms with van der Waals surface area (Å²) in [6.07, 6.45) is 2.12. The van der Waals surface area contributed by atoms with Crippen LogP contribution in [0.25, 0.3) is 0 Å². The second-order valence-corrected chi connectivity index (χ2v) is 2.05. The van der Waals surface area contributed by atoms with Crippen molar-refractivity contribution < 1.29 is 0 Å². The van der Waals surface area contributed by atoms with E-state index < -0.39 is 0 Å². The maximum atomic E-state index is 3.77. The molecule has 0 unspecified atom stereocenters. The quantitative estimate of drug-likeness (QED) is 0.546. The van der Waals surface area contributed by atoms with Gasteiger partial charge >= 0.3 is 0 Å². The van der Waals surface area contributed by atoms with E-state index in [-0.39, 0.29) is 0 Å². The Bertz CT molecular complexity index is 48.5. The van der Waals surface area contributed by atoms with Gasteiger partial charge in [-0.05, 0) is 19.5 Å². The van der Waals surface area contributed by atoms with Crippen LogP contribution in [0.1, 0.15) is 26.7 Å². The fourth-order valence-electron chi connectivity index (χ4n) is 0.756. The molecule has 0 spiro atoms. The molecule has 2 radical (unpaired) electrons. The van der Waals surface area contributed by atoms with Crippen LogP contribution < -0.4 is 0 Å². The Labute approximate surface area is 59.1 Å². The lowest BCUT2D eigenvalue weighted by Crippen LogP contribution is -2.19. The van der Waals surface area contributed by atoms with Crippen molar-refractivity contribution in [3.05, 3.63) is 13.5 Å². The zero-order valence-electron chi connectivity index (χ0n) is 6.56. The van der Waals surface area contributed by atoms with Gasteiger partial charge in [0.25, 0.3) is 0 Å². The van der Waals surface area contributed by atoms with Gasteiger partial charge in [-0.15, -0.1) is 0 Å². The molecular weight excluding hydrogens is 110 g/mol. The lowest BCUT2D eigenvalue weighted by atomic mass is 10.3. The molecule has 0 amide bonds. The third kappa shape index (κ3) is 4.46. The zero-order chi connectivity index (χ0) is 7.11. The zero-order valence-corrected chi connectivity index (χ0v) is 6.56. The minimum Gasteiger partial charge on any atom is -0.299 e. The average molecular weight is 127 g/mol. The Morgan fingerprint density at radius 1 is 1.33 bits per heavy atom. The normalized spacial score (nSPS) is 10.7. The van der Waals surface area contributed by atoms with Crippen LogP contribution in [0.2, 0.25) is 0 Å². The summed E-state index contributed by atoms with van der Waals surface area (Å²) in [5, 5.41) is 0. The van der Waals surface area contributed by atoms with E-state index in [1.807, 2.05) is 0 Å².